The minimum atomic E-state index is -0.416. The highest BCUT2D eigenvalue weighted by atomic mass is 35.5. The summed E-state index contributed by atoms with van der Waals surface area (Å²) in [5.41, 5.74) is 0.729. The molecule has 0 spiro atoms. The first-order chi connectivity index (χ1) is 15.3. The molecule has 0 saturated carbocycles. The fraction of sp³-hybridized carbons (Fsp3) is 0.476. The van der Waals surface area contributed by atoms with Crippen LogP contribution in [0.2, 0.25) is 10.0 Å². The Labute approximate surface area is 195 Å². The maximum atomic E-state index is 13.1. The smallest absolute Gasteiger partial charge is 0.332 e. The van der Waals surface area contributed by atoms with Crippen molar-refractivity contribution in [1.29, 1.82) is 0 Å². The lowest BCUT2D eigenvalue weighted by Gasteiger charge is -2.34. The molecule has 1 saturated heterocycles. The first-order valence-electron chi connectivity index (χ1n) is 10.4. The minimum Gasteiger partial charge on any atom is -0.395 e. The number of aromatic nitrogens is 4. The van der Waals surface area contributed by atoms with E-state index in [4.69, 9.17) is 33.3 Å². The molecule has 32 heavy (non-hydrogen) atoms. The molecule has 0 radical (unpaired) electrons. The lowest BCUT2D eigenvalue weighted by Crippen LogP contribution is -2.46. The van der Waals surface area contributed by atoms with Gasteiger partial charge >= 0.3 is 5.69 Å². The maximum absolute atomic E-state index is 13.1. The van der Waals surface area contributed by atoms with Crippen LogP contribution in [0.25, 0.3) is 11.2 Å². The van der Waals surface area contributed by atoms with Crippen LogP contribution in [0.1, 0.15) is 11.4 Å². The Bertz CT molecular complexity index is 1260. The number of hydrogen-bond acceptors (Lipinski definition) is 6. The average molecular weight is 481 g/mol. The molecule has 1 N–H and O–H groups in total. The molecular weight excluding hydrogens is 455 g/mol. The Balaban J connectivity index is 1.77. The van der Waals surface area contributed by atoms with Gasteiger partial charge < -0.3 is 9.67 Å². The lowest BCUT2D eigenvalue weighted by molar-refractivity contribution is 0.106. The van der Waals surface area contributed by atoms with E-state index in [-0.39, 0.29) is 12.2 Å². The summed E-state index contributed by atoms with van der Waals surface area (Å²) < 4.78 is 4.35. The summed E-state index contributed by atoms with van der Waals surface area (Å²) in [6, 6.07) is 5.27. The van der Waals surface area contributed by atoms with Gasteiger partial charge in [-0.05, 0) is 17.7 Å². The van der Waals surface area contributed by atoms with Crippen LogP contribution in [0, 0.1) is 0 Å². The van der Waals surface area contributed by atoms with Gasteiger partial charge in [0.2, 0.25) is 0 Å². The largest absolute Gasteiger partial charge is 0.395 e. The number of benzene rings is 1. The van der Waals surface area contributed by atoms with E-state index < -0.39 is 5.69 Å². The van der Waals surface area contributed by atoms with Crippen molar-refractivity contribution in [2.24, 2.45) is 14.1 Å². The molecule has 9 nitrogen and oxygen atoms in total. The van der Waals surface area contributed by atoms with Crippen molar-refractivity contribution in [1.82, 2.24) is 28.5 Å². The van der Waals surface area contributed by atoms with Crippen molar-refractivity contribution in [2.45, 2.75) is 13.1 Å². The van der Waals surface area contributed by atoms with E-state index in [1.807, 2.05) is 10.6 Å². The molecule has 0 atom stereocenters. The molecule has 4 rings (SSSR count). The van der Waals surface area contributed by atoms with Crippen molar-refractivity contribution in [3.05, 3.63) is 60.5 Å². The molecule has 0 unspecified atom stereocenters. The Morgan fingerprint density at radius 2 is 1.69 bits per heavy atom. The zero-order valence-electron chi connectivity index (χ0n) is 18.1. The van der Waals surface area contributed by atoms with E-state index in [0.29, 0.717) is 46.7 Å². The number of piperazine rings is 1. The molecule has 2 aromatic heterocycles. The average Bonchev–Trinajstić information content (AvgIpc) is 3.12. The summed E-state index contributed by atoms with van der Waals surface area (Å²) >= 11 is 12.5. The number of β-amino-alcohol motifs (C(OH)–C–C–N with tert-alkyl or cyclic N) is 1. The Kier molecular flexibility index (Phi) is 6.73. The van der Waals surface area contributed by atoms with Gasteiger partial charge in [0, 0.05) is 56.9 Å². The molecule has 172 valence electrons. The predicted molar refractivity (Wildman–Crippen MR) is 125 cm³/mol. The minimum absolute atomic E-state index is 0.148. The van der Waals surface area contributed by atoms with Crippen LogP contribution in [-0.2, 0) is 27.2 Å². The molecule has 3 heterocycles. The third-order valence-electron chi connectivity index (χ3n) is 6.02. The van der Waals surface area contributed by atoms with E-state index in [9.17, 15) is 9.59 Å². The summed E-state index contributed by atoms with van der Waals surface area (Å²) in [5, 5.41) is 10.2. The second-order valence-corrected chi connectivity index (χ2v) is 8.91. The number of halogens is 2. The van der Waals surface area contributed by atoms with Gasteiger partial charge in [-0.3, -0.25) is 23.7 Å². The van der Waals surface area contributed by atoms with Gasteiger partial charge in [0.25, 0.3) is 5.56 Å². The van der Waals surface area contributed by atoms with Crippen LogP contribution in [0.5, 0.6) is 0 Å². The van der Waals surface area contributed by atoms with Gasteiger partial charge in [0.05, 0.1) is 19.7 Å². The third kappa shape index (κ3) is 4.35. The van der Waals surface area contributed by atoms with Crippen LogP contribution >= 0.6 is 23.2 Å². The van der Waals surface area contributed by atoms with E-state index in [2.05, 4.69) is 9.80 Å². The van der Waals surface area contributed by atoms with E-state index in [1.54, 1.807) is 19.2 Å². The molecular formula is C21H26Cl2N6O3. The molecule has 0 aliphatic carbocycles. The van der Waals surface area contributed by atoms with E-state index >= 15 is 0 Å². The van der Waals surface area contributed by atoms with Crippen molar-refractivity contribution in [2.75, 3.05) is 39.3 Å². The van der Waals surface area contributed by atoms with Gasteiger partial charge in [0.1, 0.15) is 5.82 Å². The number of imidazole rings is 1. The summed E-state index contributed by atoms with van der Waals surface area (Å²) in [4.78, 5) is 34.7. The summed E-state index contributed by atoms with van der Waals surface area (Å²) in [5.74, 6) is 0.694. The van der Waals surface area contributed by atoms with Crippen LogP contribution in [0.15, 0.2) is 27.8 Å². The highest BCUT2D eigenvalue weighted by molar-refractivity contribution is 6.35. The Morgan fingerprint density at radius 3 is 2.34 bits per heavy atom. The predicted octanol–water partition coefficient (Wildman–Crippen LogP) is 0.899. The van der Waals surface area contributed by atoms with Gasteiger partial charge in [-0.25, -0.2) is 9.78 Å². The highest BCUT2D eigenvalue weighted by Crippen LogP contribution is 2.24. The summed E-state index contributed by atoms with van der Waals surface area (Å²) in [6.45, 7) is 5.02. The van der Waals surface area contributed by atoms with Gasteiger partial charge in [-0.15, -0.1) is 0 Å². The number of aryl methyl sites for hydroxylation is 1. The van der Waals surface area contributed by atoms with Crippen molar-refractivity contribution in [3.63, 3.8) is 0 Å². The molecule has 3 aromatic rings. The van der Waals surface area contributed by atoms with Crippen molar-refractivity contribution >= 4 is 34.4 Å². The molecule has 0 amide bonds. The van der Waals surface area contributed by atoms with Crippen molar-refractivity contribution in [3.8, 4) is 0 Å². The monoisotopic (exact) mass is 480 g/mol. The zero-order chi connectivity index (χ0) is 23.0. The number of fused-ring (bicyclic) bond motifs is 1. The lowest BCUT2D eigenvalue weighted by atomic mass is 10.2. The van der Waals surface area contributed by atoms with E-state index in [1.165, 1.54) is 11.6 Å². The van der Waals surface area contributed by atoms with Crippen LogP contribution in [0.3, 0.4) is 0 Å². The molecule has 11 heteroatoms. The molecule has 0 bridgehead atoms. The standard InChI is InChI=1S/C21H26Cl2N6O3/c1-25-19-18(20(31)26(2)21(25)32)29(12-14-3-4-15(22)11-16(14)23)17(24-19)13-28-7-5-27(6-8-28)9-10-30/h3-4,11,30H,5-10,12-13H2,1-2H3. The van der Waals surface area contributed by atoms with Gasteiger partial charge in [-0.1, -0.05) is 29.3 Å². The number of aliphatic hydroxyl groups excluding tert-OH is 1. The fourth-order valence-corrected chi connectivity index (χ4v) is 4.58. The highest BCUT2D eigenvalue weighted by Gasteiger charge is 2.23. The normalized spacial score (nSPS) is 15.7. The molecule has 1 aliphatic heterocycles. The number of aliphatic hydroxyl groups is 1. The quantitative estimate of drug-likeness (QED) is 0.563. The van der Waals surface area contributed by atoms with Crippen molar-refractivity contribution < 1.29 is 5.11 Å². The second-order valence-electron chi connectivity index (χ2n) is 8.07. The van der Waals surface area contributed by atoms with Gasteiger partial charge in [0.15, 0.2) is 11.2 Å². The molecule has 1 aromatic carbocycles. The van der Waals surface area contributed by atoms with Crippen LogP contribution < -0.4 is 11.2 Å². The number of nitrogens with zero attached hydrogens (tertiary/aromatic N) is 6. The first-order valence-corrected chi connectivity index (χ1v) is 11.2. The fourth-order valence-electron chi connectivity index (χ4n) is 4.12. The summed E-state index contributed by atoms with van der Waals surface area (Å²) in [7, 11) is 3.09. The third-order valence-corrected chi connectivity index (χ3v) is 6.60. The maximum Gasteiger partial charge on any atom is 0.332 e. The van der Waals surface area contributed by atoms with E-state index in [0.717, 1.165) is 36.3 Å². The van der Waals surface area contributed by atoms with Crippen LogP contribution in [0.4, 0.5) is 0 Å². The SMILES string of the molecule is Cn1c(=O)c2c(nc(CN3CCN(CCO)CC3)n2Cc2ccc(Cl)cc2Cl)n(C)c1=O. The topological polar surface area (TPSA) is 88.5 Å². The Morgan fingerprint density at radius 1 is 1.00 bits per heavy atom. The molecule has 1 fully saturated rings. The summed E-state index contributed by atoms with van der Waals surface area (Å²) in [6.07, 6.45) is 0. The van der Waals surface area contributed by atoms with Crippen LogP contribution in [-0.4, -0.2) is 72.9 Å². The number of rotatable bonds is 6. The zero-order valence-corrected chi connectivity index (χ0v) is 19.6. The first kappa shape index (κ1) is 23.0. The Hall–Kier alpha value is -2.17. The number of hydrogen-bond donors (Lipinski definition) is 1. The van der Waals surface area contributed by atoms with Gasteiger partial charge in [-0.2, -0.15) is 0 Å². The second kappa shape index (κ2) is 9.36. The molecule has 1 aliphatic rings.